The van der Waals surface area contributed by atoms with Crippen LogP contribution in [-0.2, 0) is 9.59 Å². The number of nitrogens with two attached hydrogens (primary N) is 1. The zero-order valence-electron chi connectivity index (χ0n) is 10.6. The molecule has 5 nitrogen and oxygen atoms in total. The van der Waals surface area contributed by atoms with Crippen molar-refractivity contribution in [2.45, 2.75) is 33.6 Å². The molecule has 0 bridgehead atoms. The maximum Gasteiger partial charge on any atom is 0.239 e. The summed E-state index contributed by atoms with van der Waals surface area (Å²) in [4.78, 5) is 23.5. The van der Waals surface area contributed by atoms with E-state index in [0.29, 0.717) is 12.5 Å². The molecule has 0 fully saturated rings. The summed E-state index contributed by atoms with van der Waals surface area (Å²) in [6, 6.07) is 0. The number of nitrogens with zero attached hydrogens (tertiary/aromatic N) is 2. The fourth-order valence-corrected chi connectivity index (χ4v) is 1.10. The molecule has 0 rings (SSSR count). The van der Waals surface area contributed by atoms with Crippen molar-refractivity contribution >= 4 is 11.8 Å². The topological polar surface area (TPSA) is 87.2 Å². The Kier molecular flexibility index (Phi) is 6.95. The number of nitriles is 1. The van der Waals surface area contributed by atoms with Crippen LogP contribution in [0.2, 0.25) is 0 Å². The number of primary amides is 1. The molecule has 0 aliphatic carbocycles. The van der Waals surface area contributed by atoms with Gasteiger partial charge >= 0.3 is 0 Å². The number of carbonyl (C=O) groups is 2. The van der Waals surface area contributed by atoms with Crippen molar-refractivity contribution in [3.8, 4) is 6.19 Å². The maximum absolute atomic E-state index is 11.6. The van der Waals surface area contributed by atoms with E-state index in [1.165, 1.54) is 6.42 Å². The van der Waals surface area contributed by atoms with Crippen LogP contribution in [0.5, 0.6) is 0 Å². The molecule has 0 heterocycles. The molecule has 0 aromatic rings. The van der Waals surface area contributed by atoms with Gasteiger partial charge in [0.1, 0.15) is 0 Å². The van der Waals surface area contributed by atoms with Gasteiger partial charge in [-0.1, -0.05) is 20.8 Å². The molecule has 0 saturated heterocycles. The van der Waals surface area contributed by atoms with E-state index in [1.54, 1.807) is 6.92 Å². The highest BCUT2D eigenvalue weighted by Gasteiger charge is 2.17. The summed E-state index contributed by atoms with van der Waals surface area (Å²) in [6.45, 7) is 6.11. The van der Waals surface area contributed by atoms with E-state index in [2.05, 4.69) is 0 Å². The third-order valence-corrected chi connectivity index (χ3v) is 2.45. The summed E-state index contributed by atoms with van der Waals surface area (Å²) in [7, 11) is 0. The van der Waals surface area contributed by atoms with Crippen LogP contribution < -0.4 is 5.73 Å². The smallest absolute Gasteiger partial charge is 0.239 e. The van der Waals surface area contributed by atoms with E-state index in [0.717, 1.165) is 11.3 Å². The second-order valence-electron chi connectivity index (χ2n) is 4.52. The molecule has 0 aromatic heterocycles. The van der Waals surface area contributed by atoms with E-state index >= 15 is 0 Å². The molecular weight excluding hydrogens is 218 g/mol. The first-order chi connectivity index (χ1) is 7.88. The lowest BCUT2D eigenvalue weighted by Crippen LogP contribution is -2.30. The molecule has 0 aromatic carbocycles. The SMILES string of the molecule is CC(C)CCN(C#N)C(=O)[CH]CC(C)C(N)=O. The molecule has 2 amide bonds. The minimum atomic E-state index is -0.445. The molecule has 0 aliphatic heterocycles. The first-order valence-corrected chi connectivity index (χ1v) is 5.72. The van der Waals surface area contributed by atoms with Gasteiger partial charge in [-0.05, 0) is 18.8 Å². The predicted molar refractivity (Wildman–Crippen MR) is 64.1 cm³/mol. The molecule has 2 N–H and O–H groups in total. The van der Waals surface area contributed by atoms with Crippen LogP contribution in [-0.4, -0.2) is 23.3 Å². The average Bonchev–Trinajstić information content (AvgIpc) is 2.25. The zero-order valence-corrected chi connectivity index (χ0v) is 10.6. The Bertz CT molecular complexity index is 307. The summed E-state index contributed by atoms with van der Waals surface area (Å²) in [5, 5.41) is 8.83. The first-order valence-electron chi connectivity index (χ1n) is 5.72. The largest absolute Gasteiger partial charge is 0.369 e. The van der Waals surface area contributed by atoms with Crippen molar-refractivity contribution < 1.29 is 9.59 Å². The molecule has 95 valence electrons. The first kappa shape index (κ1) is 15.4. The van der Waals surface area contributed by atoms with E-state index in [1.807, 2.05) is 20.0 Å². The van der Waals surface area contributed by atoms with E-state index in [9.17, 15) is 9.59 Å². The minimum absolute atomic E-state index is 0.272. The van der Waals surface area contributed by atoms with Crippen LogP contribution in [0, 0.1) is 29.7 Å². The maximum atomic E-state index is 11.6. The molecule has 0 spiro atoms. The Labute approximate surface area is 103 Å². The van der Waals surface area contributed by atoms with E-state index in [-0.39, 0.29) is 18.2 Å². The average molecular weight is 238 g/mol. The molecule has 1 radical (unpaired) electrons. The normalized spacial score (nSPS) is 11.9. The lowest BCUT2D eigenvalue weighted by molar-refractivity contribution is -0.125. The van der Waals surface area contributed by atoms with Gasteiger partial charge in [0, 0.05) is 12.5 Å². The zero-order chi connectivity index (χ0) is 13.4. The van der Waals surface area contributed by atoms with Crippen LogP contribution >= 0.6 is 0 Å². The molecule has 1 atom stereocenters. The van der Waals surface area contributed by atoms with Gasteiger partial charge in [-0.2, -0.15) is 5.26 Å². The summed E-state index contributed by atoms with van der Waals surface area (Å²) in [6.07, 6.45) is 4.24. The molecule has 1 unspecified atom stereocenters. The fraction of sp³-hybridized carbons (Fsp3) is 0.667. The third kappa shape index (κ3) is 6.56. The number of carbonyl (C=O) groups excluding carboxylic acids is 2. The van der Waals surface area contributed by atoms with Crippen molar-refractivity contribution in [1.29, 1.82) is 5.26 Å². The quantitative estimate of drug-likeness (QED) is 0.531. The van der Waals surface area contributed by atoms with Crippen LogP contribution in [0.15, 0.2) is 0 Å². The summed E-state index contributed by atoms with van der Waals surface area (Å²) < 4.78 is 0. The Morgan fingerprint density at radius 3 is 2.41 bits per heavy atom. The Morgan fingerprint density at radius 2 is 2.00 bits per heavy atom. The molecular formula is C12H20N3O2. The summed E-state index contributed by atoms with van der Waals surface area (Å²) in [5.41, 5.74) is 5.08. The molecule has 17 heavy (non-hydrogen) atoms. The van der Waals surface area contributed by atoms with Crippen molar-refractivity contribution in [3.63, 3.8) is 0 Å². The Balaban J connectivity index is 4.10. The van der Waals surface area contributed by atoms with Gasteiger partial charge in [0.05, 0.1) is 6.42 Å². The van der Waals surface area contributed by atoms with Gasteiger partial charge in [-0.25, -0.2) is 4.90 Å². The van der Waals surface area contributed by atoms with Crippen molar-refractivity contribution in [1.82, 2.24) is 4.90 Å². The molecule has 0 saturated carbocycles. The van der Waals surface area contributed by atoms with Crippen molar-refractivity contribution in [2.75, 3.05) is 6.54 Å². The number of amides is 2. The highest BCUT2D eigenvalue weighted by molar-refractivity contribution is 5.87. The van der Waals surface area contributed by atoms with Crippen LogP contribution in [0.3, 0.4) is 0 Å². The molecule has 5 heteroatoms. The van der Waals surface area contributed by atoms with Gasteiger partial charge in [-0.15, -0.1) is 0 Å². The van der Waals surface area contributed by atoms with Gasteiger partial charge in [-0.3, -0.25) is 9.59 Å². The van der Waals surface area contributed by atoms with Crippen molar-refractivity contribution in [2.24, 2.45) is 17.6 Å². The van der Waals surface area contributed by atoms with Gasteiger partial charge in [0.2, 0.25) is 11.8 Å². The van der Waals surface area contributed by atoms with Crippen molar-refractivity contribution in [3.05, 3.63) is 6.42 Å². The Morgan fingerprint density at radius 1 is 1.41 bits per heavy atom. The number of rotatable bonds is 7. The summed E-state index contributed by atoms with van der Waals surface area (Å²) in [5.74, 6) is -0.756. The number of hydrogen-bond acceptors (Lipinski definition) is 3. The summed E-state index contributed by atoms with van der Waals surface area (Å²) >= 11 is 0. The van der Waals surface area contributed by atoms with E-state index < -0.39 is 5.91 Å². The van der Waals surface area contributed by atoms with E-state index in [4.69, 9.17) is 11.0 Å². The standard InChI is InChI=1S/C12H20N3O2/c1-9(2)6-7-15(8-13)11(16)5-4-10(3)12(14)17/h5,9-10H,4,6-7H2,1-3H3,(H2,14,17). The second kappa shape index (κ2) is 7.66. The predicted octanol–water partition coefficient (Wildman–Crippen LogP) is 1.06. The highest BCUT2D eigenvalue weighted by Crippen LogP contribution is 2.07. The van der Waals surface area contributed by atoms with Crippen LogP contribution in [0.1, 0.15) is 33.6 Å². The van der Waals surface area contributed by atoms with Crippen LogP contribution in [0.25, 0.3) is 0 Å². The second-order valence-corrected chi connectivity index (χ2v) is 4.52. The fourth-order valence-electron chi connectivity index (χ4n) is 1.10. The minimum Gasteiger partial charge on any atom is -0.369 e. The highest BCUT2D eigenvalue weighted by atomic mass is 16.2. The monoisotopic (exact) mass is 238 g/mol. The van der Waals surface area contributed by atoms with Gasteiger partial charge in [0.15, 0.2) is 6.19 Å². The molecule has 0 aliphatic rings. The number of hydrogen-bond donors (Lipinski definition) is 1. The van der Waals surface area contributed by atoms with Gasteiger partial charge in [0.25, 0.3) is 0 Å². The van der Waals surface area contributed by atoms with Crippen LogP contribution in [0.4, 0.5) is 0 Å². The third-order valence-electron chi connectivity index (χ3n) is 2.45. The Hall–Kier alpha value is -1.57. The lowest BCUT2D eigenvalue weighted by atomic mass is 10.0. The van der Waals surface area contributed by atoms with Gasteiger partial charge < -0.3 is 5.73 Å². The lowest BCUT2D eigenvalue weighted by Gasteiger charge is -2.15.